The van der Waals surface area contributed by atoms with Crippen molar-refractivity contribution in [3.05, 3.63) is 65.2 Å². The van der Waals surface area contributed by atoms with E-state index in [1.807, 2.05) is 0 Å². The Morgan fingerprint density at radius 1 is 1.06 bits per heavy atom. The minimum absolute atomic E-state index is 0.131. The van der Waals surface area contributed by atoms with Crippen LogP contribution in [0.25, 0.3) is 0 Å². The topological polar surface area (TPSA) is 83.5 Å². The summed E-state index contributed by atoms with van der Waals surface area (Å²) in [6.07, 6.45) is -2.68. The van der Waals surface area contributed by atoms with Gasteiger partial charge in [0.15, 0.2) is 15.4 Å². The summed E-state index contributed by atoms with van der Waals surface area (Å²) >= 11 is 0. The molecule has 2 aromatic rings. The Kier molecular flexibility index (Phi) is 7.53. The summed E-state index contributed by atoms with van der Waals surface area (Å²) in [5, 5.41) is 13.0. The Balaban J connectivity index is 1.62. The van der Waals surface area contributed by atoms with E-state index in [-0.39, 0.29) is 40.7 Å². The summed E-state index contributed by atoms with van der Waals surface area (Å²) in [5.74, 6) is -0.0868. The lowest BCUT2D eigenvalue weighted by atomic mass is 9.87. The van der Waals surface area contributed by atoms with E-state index in [4.69, 9.17) is 0 Å². The number of benzene rings is 2. The highest BCUT2D eigenvalue weighted by Gasteiger charge is 2.54. The van der Waals surface area contributed by atoms with Gasteiger partial charge in [0.1, 0.15) is 0 Å². The van der Waals surface area contributed by atoms with Gasteiger partial charge < -0.3 is 10.4 Å². The van der Waals surface area contributed by atoms with Gasteiger partial charge in [0.25, 0.3) is 5.91 Å². The van der Waals surface area contributed by atoms with Gasteiger partial charge in [0.05, 0.1) is 10.6 Å². The third kappa shape index (κ3) is 6.14. The molecule has 180 valence electrons. The van der Waals surface area contributed by atoms with Gasteiger partial charge in [0, 0.05) is 12.1 Å². The Hall–Kier alpha value is -2.39. The smallest absolute Gasteiger partial charge is 0.376 e. The summed E-state index contributed by atoms with van der Waals surface area (Å²) in [6, 6.07) is 11.0. The Labute approximate surface area is 191 Å². The monoisotopic (exact) mass is 483 g/mol. The molecule has 33 heavy (non-hydrogen) atoms. The number of unbranched alkanes of at least 4 members (excludes halogenated alkanes) is 1. The lowest BCUT2D eigenvalue weighted by Crippen LogP contribution is -2.42. The molecule has 3 rings (SSSR count). The molecule has 0 saturated heterocycles. The normalized spacial score (nSPS) is 16.3. The van der Waals surface area contributed by atoms with Crippen molar-refractivity contribution in [3.63, 3.8) is 0 Å². The van der Waals surface area contributed by atoms with Gasteiger partial charge in [-0.15, -0.1) is 0 Å². The third-order valence-corrected chi connectivity index (χ3v) is 7.77. The first kappa shape index (κ1) is 25.2. The molecule has 0 heterocycles. The molecule has 5 nitrogen and oxygen atoms in total. The van der Waals surface area contributed by atoms with Crippen molar-refractivity contribution in [1.82, 2.24) is 5.32 Å². The maximum absolute atomic E-state index is 13.5. The fourth-order valence-corrected chi connectivity index (χ4v) is 5.27. The number of carbonyl (C=O) groups excluding carboxylic acids is 1. The number of alkyl halides is 3. The SMILES string of the molecule is CCCCC(O)(c1ccc(C(=O)NCc2ccc(S(=O)(=O)CC3CC3)cc2)cc1)C(F)(F)F. The van der Waals surface area contributed by atoms with Crippen molar-refractivity contribution in [1.29, 1.82) is 0 Å². The third-order valence-electron chi connectivity index (χ3n) is 5.87. The van der Waals surface area contributed by atoms with Crippen LogP contribution in [0.1, 0.15) is 60.5 Å². The average molecular weight is 484 g/mol. The van der Waals surface area contributed by atoms with E-state index >= 15 is 0 Å². The fraction of sp³-hybridized carbons (Fsp3) is 0.458. The predicted molar refractivity (Wildman–Crippen MR) is 118 cm³/mol. The molecular formula is C24H28F3NO4S. The van der Waals surface area contributed by atoms with Gasteiger partial charge in [-0.05, 0) is 60.6 Å². The van der Waals surface area contributed by atoms with Crippen molar-refractivity contribution >= 4 is 15.7 Å². The number of aliphatic hydroxyl groups is 1. The number of nitrogens with one attached hydrogen (secondary N) is 1. The van der Waals surface area contributed by atoms with Gasteiger partial charge in [0.2, 0.25) is 0 Å². The van der Waals surface area contributed by atoms with Crippen molar-refractivity contribution in [2.24, 2.45) is 5.92 Å². The predicted octanol–water partition coefficient (Wildman–Crippen LogP) is 4.74. The van der Waals surface area contributed by atoms with E-state index in [1.54, 1.807) is 19.1 Å². The van der Waals surface area contributed by atoms with Crippen LogP contribution in [0, 0.1) is 5.92 Å². The summed E-state index contributed by atoms with van der Waals surface area (Å²) < 4.78 is 65.1. The zero-order chi connectivity index (χ0) is 24.3. The summed E-state index contributed by atoms with van der Waals surface area (Å²) in [7, 11) is -3.31. The first-order chi connectivity index (χ1) is 15.5. The van der Waals surface area contributed by atoms with Crippen LogP contribution < -0.4 is 5.32 Å². The van der Waals surface area contributed by atoms with E-state index < -0.39 is 33.9 Å². The highest BCUT2D eigenvalue weighted by atomic mass is 32.2. The van der Waals surface area contributed by atoms with Crippen molar-refractivity contribution in [2.75, 3.05) is 5.75 Å². The molecule has 0 aromatic heterocycles. The van der Waals surface area contributed by atoms with Crippen LogP contribution in [0.3, 0.4) is 0 Å². The molecule has 0 aliphatic heterocycles. The second-order valence-electron chi connectivity index (χ2n) is 8.59. The zero-order valence-electron chi connectivity index (χ0n) is 18.4. The van der Waals surface area contributed by atoms with E-state index in [1.165, 1.54) is 24.3 Å². The molecule has 1 saturated carbocycles. The summed E-state index contributed by atoms with van der Waals surface area (Å²) in [4.78, 5) is 12.7. The molecule has 0 bridgehead atoms. The van der Waals surface area contributed by atoms with Crippen LogP contribution >= 0.6 is 0 Å². The van der Waals surface area contributed by atoms with Crippen LogP contribution in [0.2, 0.25) is 0 Å². The molecule has 0 spiro atoms. The largest absolute Gasteiger partial charge is 0.421 e. The molecule has 1 amide bonds. The number of hydrogen-bond acceptors (Lipinski definition) is 4. The number of rotatable bonds is 10. The minimum atomic E-state index is -4.83. The number of amides is 1. The number of halogens is 3. The Morgan fingerprint density at radius 3 is 2.18 bits per heavy atom. The lowest BCUT2D eigenvalue weighted by Gasteiger charge is -2.31. The van der Waals surface area contributed by atoms with Gasteiger partial charge in [-0.2, -0.15) is 13.2 Å². The first-order valence-electron chi connectivity index (χ1n) is 11.0. The van der Waals surface area contributed by atoms with Crippen molar-refractivity contribution in [3.8, 4) is 0 Å². The van der Waals surface area contributed by atoms with Crippen LogP contribution in [0.4, 0.5) is 13.2 Å². The molecule has 1 fully saturated rings. The minimum Gasteiger partial charge on any atom is -0.376 e. The quantitative estimate of drug-likeness (QED) is 0.511. The van der Waals surface area contributed by atoms with Crippen molar-refractivity contribution < 1.29 is 31.5 Å². The van der Waals surface area contributed by atoms with Gasteiger partial charge in [-0.1, -0.05) is 44.0 Å². The number of hydrogen-bond donors (Lipinski definition) is 2. The average Bonchev–Trinajstić information content (AvgIpc) is 3.58. The molecule has 1 unspecified atom stereocenters. The molecule has 0 radical (unpaired) electrons. The maximum Gasteiger partial charge on any atom is 0.421 e. The lowest BCUT2D eigenvalue weighted by molar-refractivity contribution is -0.269. The number of carbonyl (C=O) groups is 1. The van der Waals surface area contributed by atoms with Gasteiger partial charge in [-0.25, -0.2) is 8.42 Å². The van der Waals surface area contributed by atoms with Gasteiger partial charge in [-0.3, -0.25) is 4.79 Å². The second-order valence-corrected chi connectivity index (χ2v) is 10.6. The highest BCUT2D eigenvalue weighted by molar-refractivity contribution is 7.91. The molecule has 2 aromatic carbocycles. The molecule has 2 N–H and O–H groups in total. The molecule has 1 aliphatic carbocycles. The summed E-state index contributed by atoms with van der Waals surface area (Å²) in [6.45, 7) is 1.87. The molecule has 9 heteroatoms. The second kappa shape index (κ2) is 9.85. The van der Waals surface area contributed by atoms with E-state index in [9.17, 15) is 31.5 Å². The Morgan fingerprint density at radius 2 is 1.67 bits per heavy atom. The van der Waals surface area contributed by atoms with Crippen LogP contribution in [0.5, 0.6) is 0 Å². The van der Waals surface area contributed by atoms with Crippen LogP contribution in [-0.2, 0) is 22.0 Å². The maximum atomic E-state index is 13.5. The highest BCUT2D eigenvalue weighted by Crippen LogP contribution is 2.42. The van der Waals surface area contributed by atoms with Crippen LogP contribution in [-0.4, -0.2) is 31.4 Å². The standard InChI is InChI=1S/C24H28F3NO4S/c1-2-3-14-23(30,24(25,26)27)20-10-8-19(9-11-20)22(29)28-15-17-6-12-21(13-7-17)33(31,32)16-18-4-5-18/h6-13,18,30H,2-5,14-16H2,1H3,(H,28,29). The Bertz CT molecular complexity index is 1060. The number of sulfone groups is 1. The van der Waals surface area contributed by atoms with E-state index in [2.05, 4.69) is 5.32 Å². The van der Waals surface area contributed by atoms with E-state index in [0.717, 1.165) is 25.0 Å². The summed E-state index contributed by atoms with van der Waals surface area (Å²) in [5.41, 5.74) is -2.42. The van der Waals surface area contributed by atoms with Crippen LogP contribution in [0.15, 0.2) is 53.4 Å². The van der Waals surface area contributed by atoms with Gasteiger partial charge >= 0.3 is 6.18 Å². The molecule has 1 atom stereocenters. The van der Waals surface area contributed by atoms with E-state index in [0.29, 0.717) is 12.0 Å². The fourth-order valence-electron chi connectivity index (χ4n) is 3.57. The molecular weight excluding hydrogens is 455 g/mol. The first-order valence-corrected chi connectivity index (χ1v) is 12.6. The molecule has 1 aliphatic rings. The van der Waals surface area contributed by atoms with Crippen molar-refractivity contribution in [2.45, 2.75) is 62.2 Å². The zero-order valence-corrected chi connectivity index (χ0v) is 19.2.